The zero-order chi connectivity index (χ0) is 21.5. The van der Waals surface area contributed by atoms with E-state index < -0.39 is 0 Å². The molecule has 3 fully saturated rings. The lowest BCUT2D eigenvalue weighted by Crippen LogP contribution is -2.49. The summed E-state index contributed by atoms with van der Waals surface area (Å²) in [6, 6.07) is 0. The topological polar surface area (TPSA) is 60.4 Å². The van der Waals surface area contributed by atoms with Gasteiger partial charge in [0.1, 0.15) is 6.61 Å². The van der Waals surface area contributed by atoms with Gasteiger partial charge in [0.25, 0.3) is 0 Å². The first-order valence-electron chi connectivity index (χ1n) is 12.3. The second kappa shape index (κ2) is 8.59. The average Bonchev–Trinajstić information content (AvgIpc) is 3.12. The summed E-state index contributed by atoms with van der Waals surface area (Å²) in [7, 11) is 0. The van der Waals surface area contributed by atoms with E-state index in [1.165, 1.54) is 25.3 Å². The molecule has 0 heterocycles. The molecule has 0 radical (unpaired) electrons. The van der Waals surface area contributed by atoms with Crippen molar-refractivity contribution in [2.45, 2.75) is 85.0 Å². The maximum absolute atomic E-state index is 13.0. The molecule has 4 aliphatic carbocycles. The largest absolute Gasteiger partial charge is 0.458 e. The molecule has 30 heavy (non-hydrogen) atoms. The van der Waals surface area contributed by atoms with Crippen LogP contribution in [0.3, 0.4) is 0 Å². The Morgan fingerprint density at radius 3 is 2.63 bits per heavy atom. The van der Waals surface area contributed by atoms with Crippen LogP contribution in [0.4, 0.5) is 0 Å². The van der Waals surface area contributed by atoms with Crippen molar-refractivity contribution in [2.75, 3.05) is 6.61 Å². The number of carbonyl (C=O) groups excluding carboxylic acids is 3. The lowest BCUT2D eigenvalue weighted by Gasteiger charge is -2.55. The van der Waals surface area contributed by atoms with Gasteiger partial charge in [-0.05, 0) is 93.0 Å². The second-order valence-electron chi connectivity index (χ2n) is 10.4. The first-order chi connectivity index (χ1) is 14.4. The summed E-state index contributed by atoms with van der Waals surface area (Å²) in [6.45, 7) is 5.76. The minimum Gasteiger partial charge on any atom is -0.458 e. The average molecular weight is 415 g/mol. The van der Waals surface area contributed by atoms with Crippen LogP contribution in [0.25, 0.3) is 0 Å². The molecule has 0 bridgehead atoms. The van der Waals surface area contributed by atoms with Crippen LogP contribution in [0.5, 0.6) is 0 Å². The summed E-state index contributed by atoms with van der Waals surface area (Å²) >= 11 is 0. The first kappa shape index (κ1) is 21.8. The van der Waals surface area contributed by atoms with E-state index in [2.05, 4.69) is 13.8 Å². The fraction of sp³-hybridized carbons (Fsp3) is 0.808. The Kier molecular flexibility index (Phi) is 6.23. The van der Waals surface area contributed by atoms with E-state index in [0.29, 0.717) is 29.5 Å². The first-order valence-corrected chi connectivity index (χ1v) is 12.3. The van der Waals surface area contributed by atoms with Gasteiger partial charge in [-0.15, -0.1) is 0 Å². The van der Waals surface area contributed by atoms with Gasteiger partial charge in [-0.25, -0.2) is 0 Å². The molecule has 0 spiro atoms. The molecule has 4 aliphatic rings. The van der Waals surface area contributed by atoms with E-state index >= 15 is 0 Å². The van der Waals surface area contributed by atoms with Gasteiger partial charge < -0.3 is 4.74 Å². The molecule has 7 atom stereocenters. The van der Waals surface area contributed by atoms with Gasteiger partial charge in [-0.1, -0.05) is 25.8 Å². The van der Waals surface area contributed by atoms with Crippen LogP contribution >= 0.6 is 0 Å². The normalized spacial score (nSPS) is 40.1. The monoisotopic (exact) mass is 414 g/mol. The van der Waals surface area contributed by atoms with Crippen molar-refractivity contribution in [3.8, 4) is 0 Å². The molecule has 0 amide bonds. The Morgan fingerprint density at radius 2 is 1.93 bits per heavy atom. The molecule has 166 valence electrons. The lowest BCUT2D eigenvalue weighted by atomic mass is 9.49. The van der Waals surface area contributed by atoms with Gasteiger partial charge in [-0.2, -0.15) is 0 Å². The molecule has 0 saturated heterocycles. The summed E-state index contributed by atoms with van der Waals surface area (Å²) in [6.07, 6.45) is 12.8. The highest BCUT2D eigenvalue weighted by Gasteiger charge is 2.59. The quantitative estimate of drug-likeness (QED) is 0.554. The molecule has 0 unspecified atom stereocenters. The molecule has 0 N–H and O–H groups in total. The van der Waals surface area contributed by atoms with Crippen LogP contribution in [0.15, 0.2) is 11.6 Å². The second-order valence-corrected chi connectivity index (χ2v) is 10.4. The Balaban J connectivity index is 1.54. The van der Waals surface area contributed by atoms with Crippen LogP contribution in [-0.2, 0) is 19.1 Å². The van der Waals surface area contributed by atoms with Crippen molar-refractivity contribution in [1.82, 2.24) is 0 Å². The van der Waals surface area contributed by atoms with Crippen LogP contribution < -0.4 is 0 Å². The molecule has 0 aromatic carbocycles. The predicted octanol–water partition coefficient (Wildman–Crippen LogP) is 5.29. The van der Waals surface area contributed by atoms with Crippen molar-refractivity contribution < 1.29 is 19.1 Å². The number of Topliss-reactive ketones (excluding diaryl/α,β-unsaturated/α-hetero) is 1. The third kappa shape index (κ3) is 3.58. The number of esters is 1. The Labute approximate surface area is 181 Å². The van der Waals surface area contributed by atoms with Crippen LogP contribution in [0.1, 0.15) is 85.0 Å². The third-order valence-electron chi connectivity index (χ3n) is 9.34. The minimum absolute atomic E-state index is 0.0468. The number of carbonyl (C=O) groups is 3. The van der Waals surface area contributed by atoms with E-state index in [-0.39, 0.29) is 35.6 Å². The highest BCUT2D eigenvalue weighted by atomic mass is 16.5. The molecule has 0 aromatic rings. The summed E-state index contributed by atoms with van der Waals surface area (Å²) < 4.78 is 5.08. The van der Waals surface area contributed by atoms with Crippen molar-refractivity contribution in [3.05, 3.63) is 11.6 Å². The van der Waals surface area contributed by atoms with Crippen molar-refractivity contribution >= 4 is 17.5 Å². The van der Waals surface area contributed by atoms with Crippen molar-refractivity contribution in [3.63, 3.8) is 0 Å². The van der Waals surface area contributed by atoms with E-state index in [4.69, 9.17) is 4.74 Å². The van der Waals surface area contributed by atoms with E-state index in [1.807, 2.05) is 6.08 Å². The van der Waals surface area contributed by atoms with Crippen molar-refractivity contribution in [2.24, 2.45) is 40.9 Å². The number of hydrogen-bond donors (Lipinski definition) is 0. The highest BCUT2D eigenvalue weighted by molar-refractivity contribution is 5.93. The number of allylic oxidation sites excluding steroid dienone is 1. The van der Waals surface area contributed by atoms with E-state index in [0.717, 1.165) is 51.4 Å². The van der Waals surface area contributed by atoms with E-state index in [1.54, 1.807) is 0 Å². The van der Waals surface area contributed by atoms with Gasteiger partial charge in [0.05, 0.1) is 0 Å². The standard InChI is InChI=1S/C26H38O4/c1-4-6-18-13-21-17(14-24(18)28)7-8-20-19(21)11-12-26(5-2)22(20)9-10-23(26)25(29)15-30-16(3)27/h14,18-23H,4-13,15H2,1-3H3/t18-,19-,20+,21-,22-,23+,26-/m0/s1. The van der Waals surface area contributed by atoms with Crippen LogP contribution in [0.2, 0.25) is 0 Å². The highest BCUT2D eigenvalue weighted by Crippen LogP contribution is 2.65. The summed E-state index contributed by atoms with van der Waals surface area (Å²) in [4.78, 5) is 36.8. The minimum atomic E-state index is -0.368. The maximum atomic E-state index is 13.0. The van der Waals surface area contributed by atoms with Crippen molar-refractivity contribution in [1.29, 1.82) is 0 Å². The summed E-state index contributed by atoms with van der Waals surface area (Å²) in [5, 5.41) is 0. The molecular weight excluding hydrogens is 376 g/mol. The zero-order valence-corrected chi connectivity index (χ0v) is 19.0. The number of ether oxygens (including phenoxy) is 1. The lowest BCUT2D eigenvalue weighted by molar-refractivity contribution is -0.149. The molecule has 4 nitrogen and oxygen atoms in total. The fourth-order valence-corrected chi connectivity index (χ4v) is 8.11. The predicted molar refractivity (Wildman–Crippen MR) is 116 cm³/mol. The Hall–Kier alpha value is -1.45. The Morgan fingerprint density at radius 1 is 1.13 bits per heavy atom. The molecule has 4 rings (SSSR count). The van der Waals surface area contributed by atoms with Gasteiger partial charge in [-0.3, -0.25) is 14.4 Å². The number of rotatable bonds is 6. The molecule has 4 heteroatoms. The summed E-state index contributed by atoms with van der Waals surface area (Å²) in [5.41, 5.74) is 1.52. The molecule has 0 aliphatic heterocycles. The summed E-state index contributed by atoms with van der Waals surface area (Å²) in [5.74, 6) is 2.97. The SMILES string of the molecule is CCC[C@H]1C[C@H]2C(=CC1=O)CC[C@@H]1[C@@H]2CC[C@]2(CC)[C@@H](C(=O)COC(C)=O)CC[C@@H]12. The number of hydrogen-bond acceptors (Lipinski definition) is 4. The molecular formula is C26H38O4. The maximum Gasteiger partial charge on any atom is 0.303 e. The number of fused-ring (bicyclic) bond motifs is 5. The smallest absolute Gasteiger partial charge is 0.303 e. The third-order valence-corrected chi connectivity index (χ3v) is 9.34. The Bertz CT molecular complexity index is 737. The van der Waals surface area contributed by atoms with E-state index in [9.17, 15) is 14.4 Å². The van der Waals surface area contributed by atoms with Crippen LogP contribution in [-0.4, -0.2) is 24.1 Å². The molecule has 3 saturated carbocycles. The van der Waals surface area contributed by atoms with Gasteiger partial charge in [0.2, 0.25) is 0 Å². The van der Waals surface area contributed by atoms with Gasteiger partial charge in [0.15, 0.2) is 11.6 Å². The molecule has 0 aromatic heterocycles. The fourth-order valence-electron chi connectivity index (χ4n) is 8.11. The van der Waals surface area contributed by atoms with Gasteiger partial charge >= 0.3 is 5.97 Å². The number of ketones is 2. The zero-order valence-electron chi connectivity index (χ0n) is 19.0. The van der Waals surface area contributed by atoms with Gasteiger partial charge in [0, 0.05) is 18.8 Å². The van der Waals surface area contributed by atoms with Crippen LogP contribution in [0, 0.1) is 40.9 Å².